The Hall–Kier alpha value is 1.06. The van der Waals surface area contributed by atoms with Crippen molar-refractivity contribution in [3.8, 4) is 0 Å². The Kier molecular flexibility index (Phi) is 17.7. The standard InChI is InChI=1S/C30H73O6Si6/c1-26(28(3)37(33-38(5,6)7)34-39(8,9)10)20-18-22-30(24-31,25-32)23-19-21-27(2)29(4)42(17,35-40(11,12)13)36-41(14,15)16/h26-29,31-32H,18-25H2,1-17H3. The van der Waals surface area contributed by atoms with Crippen molar-refractivity contribution in [2.45, 2.75) is 162 Å². The highest BCUT2D eigenvalue weighted by molar-refractivity contribution is 6.88. The molecule has 4 unspecified atom stereocenters. The van der Waals surface area contributed by atoms with Crippen molar-refractivity contribution >= 4 is 51.1 Å². The van der Waals surface area contributed by atoms with Crippen LogP contribution in [0.25, 0.3) is 0 Å². The van der Waals surface area contributed by atoms with Crippen LogP contribution in [-0.4, -0.2) is 74.5 Å². The summed E-state index contributed by atoms with van der Waals surface area (Å²) in [7, 11) is -10.7. The molecule has 0 fully saturated rings. The second-order valence-electron chi connectivity index (χ2n) is 17.3. The van der Waals surface area contributed by atoms with Crippen molar-refractivity contribution in [2.24, 2.45) is 17.3 Å². The second kappa shape index (κ2) is 17.3. The molecule has 0 heterocycles. The van der Waals surface area contributed by atoms with Crippen LogP contribution in [0.15, 0.2) is 0 Å². The maximum absolute atomic E-state index is 10.4. The molecule has 2 N–H and O–H groups in total. The van der Waals surface area contributed by atoms with E-state index in [0.717, 1.165) is 38.5 Å². The first-order valence-corrected chi connectivity index (χ1v) is 34.0. The Labute approximate surface area is 269 Å². The van der Waals surface area contributed by atoms with Gasteiger partial charge in [0.2, 0.25) is 0 Å². The zero-order valence-corrected chi connectivity index (χ0v) is 37.0. The number of hydrogen-bond donors (Lipinski definition) is 2. The van der Waals surface area contributed by atoms with E-state index in [1.807, 2.05) is 0 Å². The molecule has 0 aromatic carbocycles. The van der Waals surface area contributed by atoms with Crippen LogP contribution in [0.5, 0.6) is 0 Å². The number of aliphatic hydroxyl groups is 2. The summed E-state index contributed by atoms with van der Waals surface area (Å²) in [6.07, 6.45) is 5.78. The molecule has 0 aliphatic rings. The predicted octanol–water partition coefficient (Wildman–Crippen LogP) is 9.32. The van der Waals surface area contributed by atoms with Gasteiger partial charge in [0.25, 0.3) is 0 Å². The van der Waals surface area contributed by atoms with Crippen molar-refractivity contribution in [1.29, 1.82) is 0 Å². The van der Waals surface area contributed by atoms with Gasteiger partial charge in [-0.1, -0.05) is 53.4 Å². The minimum absolute atomic E-state index is 0.0355. The van der Waals surface area contributed by atoms with E-state index in [1.54, 1.807) is 0 Å². The lowest BCUT2D eigenvalue weighted by Gasteiger charge is -2.44. The summed E-state index contributed by atoms with van der Waals surface area (Å²) in [5.74, 6) is 0.937. The lowest BCUT2D eigenvalue weighted by atomic mass is 9.78. The van der Waals surface area contributed by atoms with Gasteiger partial charge in [-0.2, -0.15) is 0 Å². The fraction of sp³-hybridized carbons (Fsp3) is 1.00. The Morgan fingerprint density at radius 1 is 0.571 bits per heavy atom. The van der Waals surface area contributed by atoms with Gasteiger partial charge in [-0.3, -0.25) is 0 Å². The van der Waals surface area contributed by atoms with Gasteiger partial charge < -0.3 is 26.7 Å². The van der Waals surface area contributed by atoms with Gasteiger partial charge in [0, 0.05) is 16.5 Å². The predicted molar refractivity (Wildman–Crippen MR) is 197 cm³/mol. The molecule has 0 amide bonds. The van der Waals surface area contributed by atoms with Crippen LogP contribution >= 0.6 is 0 Å². The maximum atomic E-state index is 10.4. The summed E-state index contributed by atoms with van der Waals surface area (Å²) in [6, 6.07) is 0. The van der Waals surface area contributed by atoms with Gasteiger partial charge in [0.15, 0.2) is 33.3 Å². The molecule has 1 radical (unpaired) electrons. The summed E-state index contributed by atoms with van der Waals surface area (Å²) in [5, 5.41) is 20.9. The highest BCUT2D eigenvalue weighted by Gasteiger charge is 2.46. The minimum Gasteiger partial charge on any atom is -0.436 e. The SMILES string of the molecule is CC(CCCC(CO)(CO)CCCC(C)C(C)[Si](C)(O[Si](C)(C)C)O[Si](C)(C)C)C(C)[Si](O[Si](C)(C)C)O[Si](C)(C)C. The van der Waals surface area contributed by atoms with Crippen LogP contribution in [0.3, 0.4) is 0 Å². The molecular weight excluding hydrogens is 625 g/mol. The van der Waals surface area contributed by atoms with Crippen LogP contribution in [-0.2, 0) is 16.5 Å². The molecule has 0 aliphatic heterocycles. The fourth-order valence-corrected chi connectivity index (χ4v) is 26.0. The molecule has 253 valence electrons. The van der Waals surface area contributed by atoms with Crippen molar-refractivity contribution < 1.29 is 26.7 Å². The largest absolute Gasteiger partial charge is 0.436 e. The average Bonchev–Trinajstić information content (AvgIpc) is 2.77. The number of hydrogen-bond acceptors (Lipinski definition) is 6. The molecule has 12 heteroatoms. The lowest BCUT2D eigenvalue weighted by molar-refractivity contribution is 0.0337. The first-order chi connectivity index (χ1) is 18.7. The zero-order valence-electron chi connectivity index (χ0n) is 31.0. The first kappa shape index (κ1) is 43.1. The summed E-state index contributed by atoms with van der Waals surface area (Å²) >= 11 is 0. The molecule has 0 spiro atoms. The molecule has 0 rings (SSSR count). The quantitative estimate of drug-likeness (QED) is 0.110. The second-order valence-corrected chi connectivity index (χ2v) is 42.0. The first-order valence-electron chi connectivity index (χ1n) is 16.5. The molecular formula is C30H73O6Si6. The summed E-state index contributed by atoms with van der Waals surface area (Å²) < 4.78 is 26.9. The third kappa shape index (κ3) is 17.7. The highest BCUT2D eigenvalue weighted by atomic mass is 28.5. The van der Waals surface area contributed by atoms with E-state index in [2.05, 4.69) is 113 Å². The fourth-order valence-electron chi connectivity index (χ4n) is 5.57. The molecule has 42 heavy (non-hydrogen) atoms. The Morgan fingerprint density at radius 3 is 1.24 bits per heavy atom. The van der Waals surface area contributed by atoms with Crippen LogP contribution in [0.1, 0.15) is 66.2 Å². The van der Waals surface area contributed by atoms with E-state index in [1.165, 1.54) is 0 Å². The van der Waals surface area contributed by atoms with Gasteiger partial charge >= 0.3 is 17.8 Å². The third-order valence-corrected chi connectivity index (χ3v) is 26.3. The van der Waals surface area contributed by atoms with Crippen LogP contribution in [0.4, 0.5) is 0 Å². The van der Waals surface area contributed by atoms with E-state index in [4.69, 9.17) is 16.5 Å². The normalized spacial score (nSPS) is 17.4. The van der Waals surface area contributed by atoms with Gasteiger partial charge in [-0.25, -0.2) is 0 Å². The molecule has 4 atom stereocenters. The van der Waals surface area contributed by atoms with E-state index in [9.17, 15) is 10.2 Å². The van der Waals surface area contributed by atoms with Crippen LogP contribution in [0, 0.1) is 17.3 Å². The molecule has 0 aliphatic carbocycles. The van der Waals surface area contributed by atoms with Crippen LogP contribution in [0.2, 0.25) is 96.2 Å². The molecule has 0 saturated heterocycles. The molecule has 0 aromatic heterocycles. The molecule has 6 nitrogen and oxygen atoms in total. The Morgan fingerprint density at radius 2 is 0.929 bits per heavy atom. The van der Waals surface area contributed by atoms with E-state index in [0.29, 0.717) is 22.9 Å². The van der Waals surface area contributed by atoms with Gasteiger partial charge in [0.1, 0.15) is 0 Å². The van der Waals surface area contributed by atoms with Crippen molar-refractivity contribution in [3.63, 3.8) is 0 Å². The van der Waals surface area contributed by atoms with E-state index >= 15 is 0 Å². The lowest BCUT2D eigenvalue weighted by Crippen LogP contribution is -2.56. The highest BCUT2D eigenvalue weighted by Crippen LogP contribution is 2.40. The zero-order chi connectivity index (χ0) is 33.4. The van der Waals surface area contributed by atoms with E-state index < -0.39 is 56.5 Å². The molecule has 0 saturated carbocycles. The maximum Gasteiger partial charge on any atom is 0.366 e. The Balaban J connectivity index is 5.28. The third-order valence-electron chi connectivity index (χ3n) is 8.14. The topological polar surface area (TPSA) is 77.4 Å². The summed E-state index contributed by atoms with van der Waals surface area (Å²) in [4.78, 5) is 0. The number of aliphatic hydroxyl groups excluding tert-OH is 2. The van der Waals surface area contributed by atoms with Gasteiger partial charge in [-0.15, -0.1) is 0 Å². The molecule has 0 aromatic rings. The van der Waals surface area contributed by atoms with Crippen LogP contribution < -0.4 is 0 Å². The molecule has 0 bridgehead atoms. The monoisotopic (exact) mass is 697 g/mol. The van der Waals surface area contributed by atoms with Crippen molar-refractivity contribution in [2.75, 3.05) is 13.2 Å². The van der Waals surface area contributed by atoms with Crippen molar-refractivity contribution in [3.05, 3.63) is 0 Å². The van der Waals surface area contributed by atoms with E-state index in [-0.39, 0.29) is 13.2 Å². The summed E-state index contributed by atoms with van der Waals surface area (Å²) in [5.41, 5.74) is 0.348. The number of rotatable bonds is 22. The summed E-state index contributed by atoms with van der Waals surface area (Å²) in [6.45, 7) is 38.8. The minimum atomic E-state index is -2.37. The van der Waals surface area contributed by atoms with Gasteiger partial charge in [-0.05, 0) is 110 Å². The van der Waals surface area contributed by atoms with Crippen molar-refractivity contribution in [1.82, 2.24) is 0 Å². The smallest absolute Gasteiger partial charge is 0.366 e. The van der Waals surface area contributed by atoms with Gasteiger partial charge in [0.05, 0.1) is 13.2 Å². The Bertz CT molecular complexity index is 723. The average molecular weight is 698 g/mol.